The van der Waals surface area contributed by atoms with Crippen LogP contribution < -0.4 is 16.4 Å². The average Bonchev–Trinajstić information content (AvgIpc) is 2.34. The van der Waals surface area contributed by atoms with E-state index in [-0.39, 0.29) is 24.2 Å². The maximum atomic E-state index is 11.2. The lowest BCUT2D eigenvalue weighted by atomic mass is 10.2. The average molecular weight is 187 g/mol. The highest BCUT2D eigenvalue weighted by molar-refractivity contribution is 5.74. The Morgan fingerprint density at radius 2 is 2.23 bits per heavy atom. The van der Waals surface area contributed by atoms with Crippen molar-refractivity contribution in [1.82, 2.24) is 10.6 Å². The fourth-order valence-electron chi connectivity index (χ4n) is 1.19. The van der Waals surface area contributed by atoms with Crippen molar-refractivity contribution < 1.29 is 9.53 Å². The van der Waals surface area contributed by atoms with Gasteiger partial charge in [-0.15, -0.1) is 0 Å². The Morgan fingerprint density at radius 3 is 2.69 bits per heavy atom. The summed E-state index contributed by atoms with van der Waals surface area (Å²) < 4.78 is 5.11. The molecular weight excluding hydrogens is 170 g/mol. The summed E-state index contributed by atoms with van der Waals surface area (Å²) in [5.41, 5.74) is 5.69. The number of urea groups is 1. The molecule has 4 N–H and O–H groups in total. The Labute approximate surface area is 78.0 Å². The largest absolute Gasteiger partial charge is 0.378 e. The van der Waals surface area contributed by atoms with Crippen molar-refractivity contribution in [2.45, 2.75) is 32.0 Å². The summed E-state index contributed by atoms with van der Waals surface area (Å²) in [6, 6.07) is -0.184. The molecule has 5 heteroatoms. The van der Waals surface area contributed by atoms with Crippen molar-refractivity contribution in [3.63, 3.8) is 0 Å². The molecule has 0 radical (unpaired) electrons. The Bertz CT molecular complexity index is 184. The second kappa shape index (κ2) is 4.43. The fourth-order valence-corrected chi connectivity index (χ4v) is 1.19. The Balaban J connectivity index is 2.27. The minimum Gasteiger partial charge on any atom is -0.378 e. The Morgan fingerprint density at radius 1 is 1.54 bits per heavy atom. The monoisotopic (exact) mass is 187 g/mol. The molecule has 0 aliphatic carbocycles. The van der Waals surface area contributed by atoms with Gasteiger partial charge in [0, 0.05) is 6.04 Å². The van der Waals surface area contributed by atoms with Crippen LogP contribution in [0.5, 0.6) is 0 Å². The van der Waals surface area contributed by atoms with Gasteiger partial charge in [0.15, 0.2) is 0 Å². The first-order chi connectivity index (χ1) is 6.09. The van der Waals surface area contributed by atoms with Gasteiger partial charge in [-0.25, -0.2) is 4.79 Å². The van der Waals surface area contributed by atoms with Gasteiger partial charge in [0.25, 0.3) is 0 Å². The van der Waals surface area contributed by atoms with Gasteiger partial charge in [-0.2, -0.15) is 0 Å². The zero-order valence-electron chi connectivity index (χ0n) is 8.04. The first-order valence-corrected chi connectivity index (χ1v) is 4.50. The number of nitrogens with one attached hydrogen (secondary N) is 2. The number of ether oxygens (including phenoxy) is 1. The van der Waals surface area contributed by atoms with E-state index in [0.29, 0.717) is 13.2 Å². The zero-order chi connectivity index (χ0) is 9.84. The van der Waals surface area contributed by atoms with Crippen LogP contribution in [-0.4, -0.2) is 37.4 Å². The van der Waals surface area contributed by atoms with Crippen molar-refractivity contribution in [3.8, 4) is 0 Å². The molecule has 2 unspecified atom stereocenters. The maximum Gasteiger partial charge on any atom is 0.315 e. The van der Waals surface area contributed by atoms with E-state index in [2.05, 4.69) is 10.6 Å². The first-order valence-electron chi connectivity index (χ1n) is 4.50. The predicted octanol–water partition coefficient (Wildman–Crippen LogP) is -0.580. The number of nitrogens with two attached hydrogens (primary N) is 1. The standard InChI is InChI=1S/C8H17N3O2/c1-5(2)10-8(12)11-7-4-13-3-6(7)9/h5-7H,3-4,9H2,1-2H3,(H2,10,11,12). The number of hydrogen-bond acceptors (Lipinski definition) is 3. The highest BCUT2D eigenvalue weighted by Gasteiger charge is 2.26. The van der Waals surface area contributed by atoms with Crippen molar-refractivity contribution in [1.29, 1.82) is 0 Å². The van der Waals surface area contributed by atoms with Crippen molar-refractivity contribution in [3.05, 3.63) is 0 Å². The lowest BCUT2D eigenvalue weighted by molar-refractivity contribution is 0.186. The molecule has 0 saturated carbocycles. The molecule has 5 nitrogen and oxygen atoms in total. The zero-order valence-corrected chi connectivity index (χ0v) is 8.04. The van der Waals surface area contributed by atoms with Gasteiger partial charge < -0.3 is 21.1 Å². The van der Waals surface area contributed by atoms with Crippen LogP contribution in [0.3, 0.4) is 0 Å². The summed E-state index contributed by atoms with van der Waals surface area (Å²) in [4.78, 5) is 11.2. The number of hydrogen-bond donors (Lipinski definition) is 3. The number of rotatable bonds is 2. The minimum absolute atomic E-state index is 0.0567. The molecule has 0 spiro atoms. The summed E-state index contributed by atoms with van der Waals surface area (Å²) in [6.45, 7) is 4.84. The molecule has 0 aromatic rings. The topological polar surface area (TPSA) is 76.4 Å². The molecule has 0 aromatic heterocycles. The molecule has 0 aromatic carbocycles. The van der Waals surface area contributed by atoms with Gasteiger partial charge in [0.2, 0.25) is 0 Å². The van der Waals surface area contributed by atoms with Crippen LogP contribution in [0.2, 0.25) is 0 Å². The predicted molar refractivity (Wildman–Crippen MR) is 49.4 cm³/mol. The number of carbonyl (C=O) groups excluding carboxylic acids is 1. The lowest BCUT2D eigenvalue weighted by Gasteiger charge is -2.17. The van der Waals surface area contributed by atoms with Gasteiger partial charge in [-0.1, -0.05) is 0 Å². The van der Waals surface area contributed by atoms with E-state index < -0.39 is 0 Å². The van der Waals surface area contributed by atoms with Gasteiger partial charge >= 0.3 is 6.03 Å². The smallest absolute Gasteiger partial charge is 0.315 e. The van der Waals surface area contributed by atoms with Crippen molar-refractivity contribution >= 4 is 6.03 Å². The third-order valence-corrected chi connectivity index (χ3v) is 1.86. The van der Waals surface area contributed by atoms with E-state index >= 15 is 0 Å². The highest BCUT2D eigenvalue weighted by Crippen LogP contribution is 2.02. The van der Waals surface area contributed by atoms with E-state index in [4.69, 9.17) is 10.5 Å². The molecule has 0 bridgehead atoms. The second-order valence-electron chi connectivity index (χ2n) is 3.58. The third-order valence-electron chi connectivity index (χ3n) is 1.86. The molecule has 1 heterocycles. The lowest BCUT2D eigenvalue weighted by Crippen LogP contribution is -2.51. The molecule has 1 aliphatic rings. The molecule has 2 amide bonds. The second-order valence-corrected chi connectivity index (χ2v) is 3.58. The molecule has 1 aliphatic heterocycles. The van der Waals surface area contributed by atoms with Crippen LogP contribution in [-0.2, 0) is 4.74 Å². The summed E-state index contributed by atoms with van der Waals surface area (Å²) in [5, 5.41) is 5.49. The van der Waals surface area contributed by atoms with E-state index in [0.717, 1.165) is 0 Å². The molecule has 13 heavy (non-hydrogen) atoms. The quantitative estimate of drug-likeness (QED) is 0.541. The van der Waals surface area contributed by atoms with E-state index in [1.165, 1.54) is 0 Å². The first kappa shape index (κ1) is 10.3. The minimum atomic E-state index is -0.180. The summed E-state index contributed by atoms with van der Waals surface area (Å²) >= 11 is 0. The number of carbonyl (C=O) groups is 1. The van der Waals surface area contributed by atoms with Crippen LogP contribution in [0.15, 0.2) is 0 Å². The summed E-state index contributed by atoms with van der Waals surface area (Å²) in [5.74, 6) is 0. The molecule has 1 rings (SSSR count). The fraction of sp³-hybridized carbons (Fsp3) is 0.875. The highest BCUT2D eigenvalue weighted by atomic mass is 16.5. The van der Waals surface area contributed by atoms with E-state index in [9.17, 15) is 4.79 Å². The van der Waals surface area contributed by atoms with Crippen LogP contribution in [0.4, 0.5) is 4.79 Å². The van der Waals surface area contributed by atoms with E-state index in [1.54, 1.807) is 0 Å². The molecule has 76 valence electrons. The van der Waals surface area contributed by atoms with Crippen LogP contribution in [0.25, 0.3) is 0 Å². The van der Waals surface area contributed by atoms with Gasteiger partial charge in [-0.3, -0.25) is 0 Å². The molecular formula is C8H17N3O2. The van der Waals surface area contributed by atoms with Gasteiger partial charge in [0.05, 0.1) is 25.3 Å². The Kier molecular flexibility index (Phi) is 3.50. The molecule has 1 saturated heterocycles. The Hall–Kier alpha value is -0.810. The number of amides is 2. The summed E-state index contributed by atoms with van der Waals surface area (Å²) in [7, 11) is 0. The van der Waals surface area contributed by atoms with Gasteiger partial charge in [0.1, 0.15) is 0 Å². The maximum absolute atomic E-state index is 11.2. The molecule has 2 atom stereocenters. The van der Waals surface area contributed by atoms with Crippen LogP contribution >= 0.6 is 0 Å². The third kappa shape index (κ3) is 3.20. The normalized spacial score (nSPS) is 27.7. The van der Waals surface area contributed by atoms with Crippen molar-refractivity contribution in [2.75, 3.05) is 13.2 Å². The van der Waals surface area contributed by atoms with Crippen LogP contribution in [0, 0.1) is 0 Å². The summed E-state index contributed by atoms with van der Waals surface area (Å²) in [6.07, 6.45) is 0. The SMILES string of the molecule is CC(C)NC(=O)NC1COCC1N. The van der Waals surface area contributed by atoms with Crippen molar-refractivity contribution in [2.24, 2.45) is 5.73 Å². The molecule has 1 fully saturated rings. The van der Waals surface area contributed by atoms with Crippen LogP contribution in [0.1, 0.15) is 13.8 Å². The van der Waals surface area contributed by atoms with E-state index in [1.807, 2.05) is 13.8 Å². The van der Waals surface area contributed by atoms with Gasteiger partial charge in [-0.05, 0) is 13.8 Å².